The Kier molecular flexibility index (Phi) is 3.03. The van der Waals surface area contributed by atoms with Crippen molar-refractivity contribution in [2.75, 3.05) is 18.7 Å². The first-order valence-electron chi connectivity index (χ1n) is 7.03. The van der Waals surface area contributed by atoms with Gasteiger partial charge in [0.25, 0.3) is 0 Å². The van der Waals surface area contributed by atoms with E-state index < -0.39 is 0 Å². The van der Waals surface area contributed by atoms with Gasteiger partial charge in [0.1, 0.15) is 6.33 Å². The molecule has 4 rings (SSSR count). The average molecular weight is 298 g/mol. The molecule has 0 saturated heterocycles. The number of carbonyl (C=O) groups excluding carboxylic acids is 1. The summed E-state index contributed by atoms with van der Waals surface area (Å²) in [5, 5.41) is 2.88. The van der Waals surface area contributed by atoms with Crippen LogP contribution in [-0.4, -0.2) is 34.2 Å². The van der Waals surface area contributed by atoms with Gasteiger partial charge in [0.05, 0.1) is 12.2 Å². The highest BCUT2D eigenvalue weighted by Crippen LogP contribution is 2.34. The molecule has 2 aliphatic heterocycles. The van der Waals surface area contributed by atoms with E-state index in [0.29, 0.717) is 30.3 Å². The predicted octanol–water partition coefficient (Wildman–Crippen LogP) is 1.80. The van der Waals surface area contributed by atoms with Crippen molar-refractivity contribution >= 4 is 11.7 Å². The fraction of sp³-hybridized carbons (Fsp3) is 0.267. The number of carbonyl (C=O) groups is 1. The Bertz CT molecular complexity index is 734. The van der Waals surface area contributed by atoms with E-state index in [1.54, 1.807) is 35.6 Å². The highest BCUT2D eigenvalue weighted by atomic mass is 16.7. The van der Waals surface area contributed by atoms with Crippen molar-refractivity contribution in [3.63, 3.8) is 0 Å². The van der Waals surface area contributed by atoms with Gasteiger partial charge in [-0.1, -0.05) is 0 Å². The fourth-order valence-corrected chi connectivity index (χ4v) is 2.62. The lowest BCUT2D eigenvalue weighted by Crippen LogP contribution is -2.39. The van der Waals surface area contributed by atoms with Gasteiger partial charge in [-0.15, -0.1) is 0 Å². The lowest BCUT2D eigenvalue weighted by Gasteiger charge is -2.27. The van der Waals surface area contributed by atoms with Crippen LogP contribution in [0.1, 0.15) is 11.3 Å². The molecule has 0 spiro atoms. The number of hydrogen-bond donors (Lipinski definition) is 1. The number of rotatable bonds is 1. The molecule has 0 atom stereocenters. The molecular formula is C15H14N4O3. The van der Waals surface area contributed by atoms with E-state index in [2.05, 4.69) is 15.3 Å². The molecule has 1 aromatic carbocycles. The van der Waals surface area contributed by atoms with Crippen molar-refractivity contribution in [1.82, 2.24) is 14.9 Å². The van der Waals surface area contributed by atoms with Gasteiger partial charge in [0.15, 0.2) is 11.5 Å². The van der Waals surface area contributed by atoms with Gasteiger partial charge in [-0.25, -0.2) is 14.8 Å². The van der Waals surface area contributed by atoms with Crippen LogP contribution in [0.2, 0.25) is 0 Å². The van der Waals surface area contributed by atoms with E-state index in [1.807, 2.05) is 0 Å². The third kappa shape index (κ3) is 2.30. The molecular weight excluding hydrogens is 284 g/mol. The third-order valence-corrected chi connectivity index (χ3v) is 3.77. The highest BCUT2D eigenvalue weighted by molar-refractivity contribution is 5.89. The fourth-order valence-electron chi connectivity index (χ4n) is 2.62. The normalized spacial score (nSPS) is 15.4. The van der Waals surface area contributed by atoms with Crippen molar-refractivity contribution in [2.24, 2.45) is 0 Å². The van der Waals surface area contributed by atoms with E-state index in [-0.39, 0.29) is 12.8 Å². The zero-order chi connectivity index (χ0) is 14.9. The standard InChI is InChI=1S/C15H14N4O3/c20-15(18-11-1-2-13-14(5-11)22-9-21-13)19-4-3-12-10(7-19)6-16-8-17-12/h1-2,5-6,8H,3-4,7,9H2,(H,18,20). The monoisotopic (exact) mass is 298 g/mol. The second kappa shape index (κ2) is 5.18. The quantitative estimate of drug-likeness (QED) is 0.868. The molecule has 112 valence electrons. The molecule has 1 aromatic heterocycles. The van der Waals surface area contributed by atoms with Crippen LogP contribution in [0.25, 0.3) is 0 Å². The van der Waals surface area contributed by atoms with Crippen LogP contribution in [-0.2, 0) is 13.0 Å². The van der Waals surface area contributed by atoms with Crippen molar-refractivity contribution in [3.8, 4) is 11.5 Å². The lowest BCUT2D eigenvalue weighted by molar-refractivity contribution is 0.174. The number of nitrogens with zero attached hydrogens (tertiary/aromatic N) is 3. The first-order valence-corrected chi connectivity index (χ1v) is 7.03. The molecule has 0 bridgehead atoms. The van der Waals surface area contributed by atoms with Crippen molar-refractivity contribution in [1.29, 1.82) is 0 Å². The van der Waals surface area contributed by atoms with Crippen LogP contribution in [0.3, 0.4) is 0 Å². The molecule has 3 heterocycles. The summed E-state index contributed by atoms with van der Waals surface area (Å²) in [4.78, 5) is 22.4. The summed E-state index contributed by atoms with van der Waals surface area (Å²) >= 11 is 0. The Morgan fingerprint density at radius 3 is 3.14 bits per heavy atom. The predicted molar refractivity (Wildman–Crippen MR) is 77.7 cm³/mol. The van der Waals surface area contributed by atoms with E-state index in [4.69, 9.17) is 9.47 Å². The summed E-state index contributed by atoms with van der Waals surface area (Å²) in [7, 11) is 0. The Labute approximate surface area is 126 Å². The van der Waals surface area contributed by atoms with Gasteiger partial charge in [0, 0.05) is 36.5 Å². The molecule has 0 saturated carbocycles. The number of amides is 2. The average Bonchev–Trinajstić information content (AvgIpc) is 3.02. The summed E-state index contributed by atoms with van der Waals surface area (Å²) in [6.45, 7) is 1.38. The van der Waals surface area contributed by atoms with Gasteiger partial charge >= 0.3 is 6.03 Å². The minimum absolute atomic E-state index is 0.145. The van der Waals surface area contributed by atoms with Gasteiger partial charge in [-0.2, -0.15) is 0 Å². The first-order chi connectivity index (χ1) is 10.8. The molecule has 22 heavy (non-hydrogen) atoms. The van der Waals surface area contributed by atoms with E-state index >= 15 is 0 Å². The number of aromatic nitrogens is 2. The van der Waals surface area contributed by atoms with Crippen molar-refractivity contribution in [2.45, 2.75) is 13.0 Å². The molecule has 7 heteroatoms. The number of hydrogen-bond acceptors (Lipinski definition) is 5. The highest BCUT2D eigenvalue weighted by Gasteiger charge is 2.22. The number of fused-ring (bicyclic) bond motifs is 2. The lowest BCUT2D eigenvalue weighted by atomic mass is 10.1. The second-order valence-electron chi connectivity index (χ2n) is 5.16. The van der Waals surface area contributed by atoms with Gasteiger partial charge in [0.2, 0.25) is 6.79 Å². The molecule has 2 amide bonds. The van der Waals surface area contributed by atoms with Crippen LogP contribution in [0.15, 0.2) is 30.7 Å². The van der Waals surface area contributed by atoms with Crippen LogP contribution < -0.4 is 14.8 Å². The number of benzene rings is 1. The molecule has 2 aliphatic rings. The number of ether oxygens (including phenoxy) is 2. The van der Waals surface area contributed by atoms with Crippen LogP contribution >= 0.6 is 0 Å². The Balaban J connectivity index is 1.47. The molecule has 0 unspecified atom stereocenters. The zero-order valence-electron chi connectivity index (χ0n) is 11.8. The van der Waals surface area contributed by atoms with Crippen LogP contribution in [0.5, 0.6) is 11.5 Å². The van der Waals surface area contributed by atoms with E-state index in [0.717, 1.165) is 17.7 Å². The van der Waals surface area contributed by atoms with Crippen LogP contribution in [0, 0.1) is 0 Å². The van der Waals surface area contributed by atoms with E-state index in [9.17, 15) is 4.79 Å². The number of nitrogens with one attached hydrogen (secondary N) is 1. The zero-order valence-corrected chi connectivity index (χ0v) is 11.8. The largest absolute Gasteiger partial charge is 0.454 e. The smallest absolute Gasteiger partial charge is 0.322 e. The van der Waals surface area contributed by atoms with E-state index in [1.165, 1.54) is 0 Å². The minimum atomic E-state index is -0.145. The second-order valence-corrected chi connectivity index (χ2v) is 5.16. The molecule has 0 radical (unpaired) electrons. The number of urea groups is 1. The minimum Gasteiger partial charge on any atom is -0.454 e. The Morgan fingerprint density at radius 1 is 1.27 bits per heavy atom. The maximum Gasteiger partial charge on any atom is 0.322 e. The molecule has 7 nitrogen and oxygen atoms in total. The third-order valence-electron chi connectivity index (χ3n) is 3.77. The molecule has 0 aliphatic carbocycles. The summed E-state index contributed by atoms with van der Waals surface area (Å²) < 4.78 is 10.6. The van der Waals surface area contributed by atoms with Gasteiger partial charge in [-0.05, 0) is 12.1 Å². The Hall–Kier alpha value is -2.83. The van der Waals surface area contributed by atoms with Crippen molar-refractivity contribution in [3.05, 3.63) is 42.0 Å². The van der Waals surface area contributed by atoms with Gasteiger partial charge < -0.3 is 19.7 Å². The summed E-state index contributed by atoms with van der Waals surface area (Å²) in [6, 6.07) is 5.21. The SMILES string of the molecule is O=C(Nc1ccc2c(c1)OCO2)N1CCc2ncncc2C1. The molecule has 2 aromatic rings. The maximum absolute atomic E-state index is 12.4. The first kappa shape index (κ1) is 12.9. The van der Waals surface area contributed by atoms with Crippen molar-refractivity contribution < 1.29 is 14.3 Å². The van der Waals surface area contributed by atoms with Crippen LogP contribution in [0.4, 0.5) is 10.5 Å². The van der Waals surface area contributed by atoms with Gasteiger partial charge in [-0.3, -0.25) is 0 Å². The summed E-state index contributed by atoms with van der Waals surface area (Å²) in [6.07, 6.45) is 4.05. The Morgan fingerprint density at radius 2 is 2.18 bits per heavy atom. The number of anilines is 1. The molecule has 1 N–H and O–H groups in total. The topological polar surface area (TPSA) is 76.6 Å². The summed E-state index contributed by atoms with van der Waals surface area (Å²) in [5.41, 5.74) is 2.70. The molecule has 0 fully saturated rings. The maximum atomic E-state index is 12.4. The summed E-state index contributed by atoms with van der Waals surface area (Å²) in [5.74, 6) is 1.34.